The van der Waals surface area contributed by atoms with Crippen LogP contribution in [0.1, 0.15) is 67.2 Å². The van der Waals surface area contributed by atoms with Crippen LogP contribution in [0, 0.1) is 0 Å². The third kappa shape index (κ3) is 2.66. The average Bonchev–Trinajstić information content (AvgIpc) is 3.26. The van der Waals surface area contributed by atoms with E-state index in [1.807, 2.05) is 0 Å². The Balaban J connectivity index is 1.57. The minimum absolute atomic E-state index is 0.107. The fourth-order valence-corrected chi connectivity index (χ4v) is 4.28. The van der Waals surface area contributed by atoms with Crippen LogP contribution in [0.25, 0.3) is 0 Å². The minimum Gasteiger partial charge on any atom is -0.444 e. The van der Waals surface area contributed by atoms with Crippen molar-refractivity contribution in [2.24, 2.45) is 0 Å². The minimum atomic E-state index is -1.21. The molecular formula is C20H22N2O6. The average molecular weight is 386 g/mol. The van der Waals surface area contributed by atoms with Crippen molar-refractivity contribution in [1.29, 1.82) is 0 Å². The molecule has 2 saturated heterocycles. The Hall–Kier alpha value is -2.90. The second kappa shape index (κ2) is 6.05. The smallest absolute Gasteiger partial charge is 0.411 e. The van der Waals surface area contributed by atoms with Crippen LogP contribution >= 0.6 is 0 Å². The lowest BCUT2D eigenvalue weighted by atomic mass is 9.88. The van der Waals surface area contributed by atoms with E-state index in [1.54, 1.807) is 32.9 Å². The van der Waals surface area contributed by atoms with Gasteiger partial charge in [-0.3, -0.25) is 14.5 Å². The van der Waals surface area contributed by atoms with Gasteiger partial charge < -0.3 is 9.57 Å². The maximum absolute atomic E-state index is 13.1. The Kier molecular flexibility index (Phi) is 3.99. The van der Waals surface area contributed by atoms with Gasteiger partial charge in [-0.25, -0.2) is 9.59 Å². The number of nitrogens with zero attached hydrogens (tertiary/aromatic N) is 2. The summed E-state index contributed by atoms with van der Waals surface area (Å²) >= 11 is 0. The van der Waals surface area contributed by atoms with Crippen molar-refractivity contribution in [2.45, 2.75) is 63.6 Å². The van der Waals surface area contributed by atoms with E-state index >= 15 is 0 Å². The number of carbonyl (C=O) groups is 4. The van der Waals surface area contributed by atoms with E-state index in [1.165, 1.54) is 17.0 Å². The van der Waals surface area contributed by atoms with Crippen LogP contribution in [0.4, 0.5) is 4.79 Å². The van der Waals surface area contributed by atoms with Crippen molar-refractivity contribution in [3.63, 3.8) is 0 Å². The summed E-state index contributed by atoms with van der Waals surface area (Å²) in [5.41, 5.74) is -1.52. The summed E-state index contributed by atoms with van der Waals surface area (Å²) < 4.78 is 5.47. The predicted molar refractivity (Wildman–Crippen MR) is 96.1 cm³/mol. The number of hydroxylamine groups is 2. The monoisotopic (exact) mass is 386 g/mol. The Morgan fingerprint density at radius 1 is 1.04 bits per heavy atom. The fourth-order valence-electron chi connectivity index (χ4n) is 4.28. The molecule has 3 aliphatic heterocycles. The number of ether oxygens (including phenoxy) is 1. The molecule has 0 saturated carbocycles. The Bertz CT molecular complexity index is 844. The first-order chi connectivity index (χ1) is 13.1. The molecule has 3 heterocycles. The second-order valence-electron chi connectivity index (χ2n) is 8.44. The van der Waals surface area contributed by atoms with E-state index in [9.17, 15) is 19.2 Å². The summed E-state index contributed by atoms with van der Waals surface area (Å²) in [7, 11) is 0. The van der Waals surface area contributed by atoms with Gasteiger partial charge in [-0.15, -0.1) is 0 Å². The molecule has 1 aromatic carbocycles. The van der Waals surface area contributed by atoms with Crippen molar-refractivity contribution in [3.05, 3.63) is 35.4 Å². The van der Waals surface area contributed by atoms with Crippen LogP contribution in [0.5, 0.6) is 0 Å². The number of hydrogen-bond donors (Lipinski definition) is 0. The molecule has 3 amide bonds. The van der Waals surface area contributed by atoms with E-state index in [-0.39, 0.29) is 17.2 Å². The maximum Gasteiger partial charge on any atom is 0.411 e. The van der Waals surface area contributed by atoms with Crippen LogP contribution in [0.15, 0.2) is 24.3 Å². The number of carbonyl (C=O) groups excluding carboxylic acids is 4. The molecule has 1 aromatic rings. The van der Waals surface area contributed by atoms with Gasteiger partial charge in [0.05, 0.1) is 11.1 Å². The first-order valence-corrected chi connectivity index (χ1v) is 9.37. The van der Waals surface area contributed by atoms with Gasteiger partial charge in [-0.1, -0.05) is 17.2 Å². The summed E-state index contributed by atoms with van der Waals surface area (Å²) in [4.78, 5) is 57.5. The van der Waals surface area contributed by atoms with Crippen LogP contribution in [0.3, 0.4) is 0 Å². The SMILES string of the molecule is CC(C)(C)OC(=O)N1C2CCC1(C(=O)ON1C(=O)c3ccccc3C1=O)CC2. The molecule has 148 valence electrons. The highest BCUT2D eigenvalue weighted by Crippen LogP contribution is 2.48. The number of benzene rings is 1. The molecule has 28 heavy (non-hydrogen) atoms. The molecule has 0 N–H and O–H groups in total. The van der Waals surface area contributed by atoms with Crippen molar-refractivity contribution >= 4 is 23.9 Å². The topological polar surface area (TPSA) is 93.2 Å². The molecule has 4 rings (SSSR count). The van der Waals surface area contributed by atoms with Gasteiger partial charge in [-0.05, 0) is 58.6 Å². The number of imide groups is 1. The number of hydrogen-bond acceptors (Lipinski definition) is 6. The normalized spacial score (nSPS) is 25.9. The highest BCUT2D eigenvalue weighted by Gasteiger charge is 2.61. The molecule has 2 fully saturated rings. The summed E-state index contributed by atoms with van der Waals surface area (Å²) in [6, 6.07) is 6.18. The molecule has 8 nitrogen and oxygen atoms in total. The fraction of sp³-hybridized carbons (Fsp3) is 0.500. The van der Waals surface area contributed by atoms with Crippen LogP contribution < -0.4 is 0 Å². The largest absolute Gasteiger partial charge is 0.444 e. The number of fused-ring (bicyclic) bond motifs is 3. The quantitative estimate of drug-likeness (QED) is 0.726. The molecule has 0 aliphatic carbocycles. The van der Waals surface area contributed by atoms with E-state index < -0.39 is 35.0 Å². The van der Waals surface area contributed by atoms with Crippen molar-refractivity contribution in [2.75, 3.05) is 0 Å². The van der Waals surface area contributed by atoms with Crippen LogP contribution in [-0.2, 0) is 14.4 Å². The molecule has 0 atom stereocenters. The van der Waals surface area contributed by atoms with Crippen molar-refractivity contribution in [1.82, 2.24) is 9.96 Å². The summed E-state index contributed by atoms with van der Waals surface area (Å²) in [6.45, 7) is 5.27. The lowest BCUT2D eigenvalue weighted by Crippen LogP contribution is -2.54. The van der Waals surface area contributed by atoms with Gasteiger partial charge in [0, 0.05) is 6.04 Å². The summed E-state index contributed by atoms with van der Waals surface area (Å²) in [5.74, 6) is -2.13. The van der Waals surface area contributed by atoms with Crippen LogP contribution in [-0.4, -0.2) is 51.0 Å². The Morgan fingerprint density at radius 2 is 1.57 bits per heavy atom. The highest BCUT2D eigenvalue weighted by atomic mass is 16.7. The molecule has 8 heteroatoms. The number of amides is 3. The second-order valence-corrected chi connectivity index (χ2v) is 8.44. The maximum atomic E-state index is 13.1. The molecule has 0 radical (unpaired) electrons. The van der Waals surface area contributed by atoms with Gasteiger partial charge in [0.2, 0.25) is 0 Å². The van der Waals surface area contributed by atoms with E-state index in [4.69, 9.17) is 9.57 Å². The lowest BCUT2D eigenvalue weighted by molar-refractivity contribution is -0.180. The molecule has 0 unspecified atom stereocenters. The third-order valence-electron chi connectivity index (χ3n) is 5.51. The molecular weight excluding hydrogens is 364 g/mol. The van der Waals surface area contributed by atoms with Gasteiger partial charge in [0.1, 0.15) is 11.1 Å². The van der Waals surface area contributed by atoms with Crippen LogP contribution in [0.2, 0.25) is 0 Å². The van der Waals surface area contributed by atoms with Gasteiger partial charge >= 0.3 is 12.1 Å². The lowest BCUT2D eigenvalue weighted by Gasteiger charge is -2.34. The zero-order chi connectivity index (χ0) is 20.3. The number of rotatable bonds is 2. The zero-order valence-corrected chi connectivity index (χ0v) is 16.1. The molecule has 2 bridgehead atoms. The molecule has 0 spiro atoms. The highest BCUT2D eigenvalue weighted by molar-refractivity contribution is 6.21. The van der Waals surface area contributed by atoms with Gasteiger partial charge in [0.25, 0.3) is 11.8 Å². The molecule has 0 aromatic heterocycles. The summed E-state index contributed by atoms with van der Waals surface area (Å²) in [6.07, 6.45) is 1.55. The van der Waals surface area contributed by atoms with Gasteiger partial charge in [-0.2, -0.15) is 0 Å². The third-order valence-corrected chi connectivity index (χ3v) is 5.51. The zero-order valence-electron chi connectivity index (χ0n) is 16.1. The van der Waals surface area contributed by atoms with E-state index in [0.717, 1.165) is 0 Å². The first kappa shape index (κ1) is 18.5. The van der Waals surface area contributed by atoms with E-state index in [2.05, 4.69) is 0 Å². The van der Waals surface area contributed by atoms with E-state index in [0.29, 0.717) is 30.7 Å². The molecule has 3 aliphatic rings. The first-order valence-electron chi connectivity index (χ1n) is 9.37. The Labute approximate surface area is 162 Å². The van der Waals surface area contributed by atoms with Gasteiger partial charge in [0.15, 0.2) is 0 Å². The predicted octanol–water partition coefficient (Wildman–Crippen LogP) is 2.67. The Morgan fingerprint density at radius 3 is 2.07 bits per heavy atom. The summed E-state index contributed by atoms with van der Waals surface area (Å²) in [5, 5.41) is 0.501. The van der Waals surface area contributed by atoms with Crippen molar-refractivity contribution < 1.29 is 28.8 Å². The standard InChI is InChI=1S/C20H22N2O6/c1-19(2,3)27-18(26)21-12-8-10-20(21,11-9-12)17(25)28-22-15(23)13-6-4-5-7-14(13)16(22)24/h4-7,12H,8-11H2,1-3H3. The van der Waals surface area contributed by atoms with Crippen molar-refractivity contribution in [3.8, 4) is 0 Å².